The summed E-state index contributed by atoms with van der Waals surface area (Å²) in [5.74, 6) is 1.05. The molecule has 0 saturated heterocycles. The Morgan fingerprint density at radius 2 is 2.00 bits per heavy atom. The lowest BCUT2D eigenvalue weighted by molar-refractivity contribution is 0.429. The zero-order valence-corrected chi connectivity index (χ0v) is 11.6. The highest BCUT2D eigenvalue weighted by molar-refractivity contribution is 7.90. The first-order chi connectivity index (χ1) is 7.37. The fraction of sp³-hybridized carbons (Fsp3) is 1.00. The highest BCUT2D eigenvalue weighted by Gasteiger charge is 2.44. The first-order valence-corrected chi connectivity index (χ1v) is 8.31. The first kappa shape index (κ1) is 14.0. The molecule has 1 N–H and O–H groups in total. The van der Waals surface area contributed by atoms with Crippen LogP contribution in [0.25, 0.3) is 0 Å². The monoisotopic (exact) mass is 247 g/mol. The van der Waals surface area contributed by atoms with Gasteiger partial charge in [0, 0.05) is 12.8 Å². The zero-order chi connectivity index (χ0) is 12.2. The molecule has 96 valence electrons. The van der Waals surface area contributed by atoms with E-state index in [9.17, 15) is 8.42 Å². The number of rotatable bonds is 8. The summed E-state index contributed by atoms with van der Waals surface area (Å²) >= 11 is 0. The van der Waals surface area contributed by atoms with Gasteiger partial charge in [-0.1, -0.05) is 20.3 Å². The first-order valence-electron chi connectivity index (χ1n) is 6.25. The highest BCUT2D eigenvalue weighted by Crippen LogP contribution is 2.46. The van der Waals surface area contributed by atoms with Crippen LogP contribution in [-0.4, -0.2) is 33.5 Å². The molecule has 0 aromatic rings. The Balaban J connectivity index is 2.22. The molecule has 0 amide bonds. The third kappa shape index (κ3) is 5.30. The second-order valence-electron chi connectivity index (χ2n) is 5.59. The van der Waals surface area contributed by atoms with Crippen LogP contribution < -0.4 is 5.32 Å². The molecule has 0 radical (unpaired) electrons. The molecule has 0 bridgehead atoms. The van der Waals surface area contributed by atoms with Crippen molar-refractivity contribution in [1.82, 2.24) is 5.32 Å². The largest absolute Gasteiger partial charge is 0.316 e. The van der Waals surface area contributed by atoms with E-state index >= 15 is 0 Å². The van der Waals surface area contributed by atoms with Crippen LogP contribution in [0.15, 0.2) is 0 Å². The van der Waals surface area contributed by atoms with Crippen molar-refractivity contribution in [3.05, 3.63) is 0 Å². The second-order valence-corrected chi connectivity index (χ2v) is 7.74. The molecule has 0 aliphatic heterocycles. The Labute approximate surface area is 99.9 Å². The lowest BCUT2D eigenvalue weighted by Crippen LogP contribution is -2.32. The van der Waals surface area contributed by atoms with Crippen molar-refractivity contribution in [2.24, 2.45) is 11.3 Å². The Morgan fingerprint density at radius 3 is 2.44 bits per heavy atom. The van der Waals surface area contributed by atoms with Crippen LogP contribution in [0.2, 0.25) is 0 Å². The zero-order valence-electron chi connectivity index (χ0n) is 10.8. The van der Waals surface area contributed by atoms with E-state index in [1.807, 2.05) is 0 Å². The highest BCUT2D eigenvalue weighted by atomic mass is 32.2. The molecule has 0 aromatic heterocycles. The second kappa shape index (κ2) is 5.50. The van der Waals surface area contributed by atoms with Gasteiger partial charge in [0.2, 0.25) is 0 Å². The molecule has 0 heterocycles. The standard InChI is InChI=1S/C12H25NO2S/c1-4-5-11(2)8-13-9-12(6-7-12)10-16(3,14)15/h11,13H,4-10H2,1-3H3. The lowest BCUT2D eigenvalue weighted by atomic mass is 10.1. The quantitative estimate of drug-likeness (QED) is 0.712. The van der Waals surface area contributed by atoms with E-state index in [2.05, 4.69) is 19.2 Å². The molecular formula is C12H25NO2S. The van der Waals surface area contributed by atoms with Crippen LogP contribution in [0.5, 0.6) is 0 Å². The van der Waals surface area contributed by atoms with Crippen LogP contribution in [0.3, 0.4) is 0 Å². The maximum Gasteiger partial charge on any atom is 0.148 e. The minimum atomic E-state index is -2.82. The summed E-state index contributed by atoms with van der Waals surface area (Å²) in [6.07, 6.45) is 5.93. The Kier molecular flexibility index (Phi) is 4.80. The van der Waals surface area contributed by atoms with Crippen LogP contribution >= 0.6 is 0 Å². The summed E-state index contributed by atoms with van der Waals surface area (Å²) in [5.41, 5.74) is 0.0690. The molecule has 1 atom stereocenters. The van der Waals surface area contributed by atoms with Crippen LogP contribution in [0.4, 0.5) is 0 Å². The van der Waals surface area contributed by atoms with Gasteiger partial charge in [0.1, 0.15) is 9.84 Å². The molecular weight excluding hydrogens is 222 g/mol. The van der Waals surface area contributed by atoms with E-state index in [-0.39, 0.29) is 5.41 Å². The Hall–Kier alpha value is -0.0900. The summed E-state index contributed by atoms with van der Waals surface area (Å²) in [5, 5.41) is 3.43. The van der Waals surface area contributed by atoms with Gasteiger partial charge in [-0.25, -0.2) is 8.42 Å². The molecule has 0 aromatic carbocycles. The molecule has 1 rings (SSSR count). The fourth-order valence-electron chi connectivity index (χ4n) is 2.28. The van der Waals surface area contributed by atoms with E-state index in [4.69, 9.17) is 0 Å². The SMILES string of the molecule is CCCC(C)CNCC1(CS(C)(=O)=O)CC1. The average molecular weight is 247 g/mol. The van der Waals surface area contributed by atoms with E-state index in [1.54, 1.807) is 0 Å². The van der Waals surface area contributed by atoms with Gasteiger partial charge in [0.25, 0.3) is 0 Å². The molecule has 4 heteroatoms. The van der Waals surface area contributed by atoms with Gasteiger partial charge in [-0.3, -0.25) is 0 Å². The van der Waals surface area contributed by atoms with Gasteiger partial charge in [0.05, 0.1) is 5.75 Å². The fourth-order valence-corrected chi connectivity index (χ4v) is 3.79. The normalized spacial score (nSPS) is 20.7. The number of nitrogens with one attached hydrogen (secondary N) is 1. The summed E-state index contributed by atoms with van der Waals surface area (Å²) in [7, 11) is -2.82. The van der Waals surface area contributed by atoms with Gasteiger partial charge in [-0.15, -0.1) is 0 Å². The summed E-state index contributed by atoms with van der Waals surface area (Å²) < 4.78 is 22.5. The predicted octanol–water partition coefficient (Wildman–Crippen LogP) is 1.84. The van der Waals surface area contributed by atoms with Crippen molar-refractivity contribution in [2.75, 3.05) is 25.1 Å². The smallest absolute Gasteiger partial charge is 0.148 e. The topological polar surface area (TPSA) is 46.2 Å². The number of sulfone groups is 1. The molecule has 1 aliphatic carbocycles. The Morgan fingerprint density at radius 1 is 1.38 bits per heavy atom. The molecule has 1 fully saturated rings. The van der Waals surface area contributed by atoms with Crippen molar-refractivity contribution in [1.29, 1.82) is 0 Å². The Bertz CT molecular complexity index is 307. The minimum absolute atomic E-state index is 0.0690. The molecule has 16 heavy (non-hydrogen) atoms. The molecule has 1 unspecified atom stereocenters. The predicted molar refractivity (Wildman–Crippen MR) is 68.3 cm³/mol. The summed E-state index contributed by atoms with van der Waals surface area (Å²) in [6.45, 7) is 6.32. The molecule has 3 nitrogen and oxygen atoms in total. The summed E-state index contributed by atoms with van der Waals surface area (Å²) in [6, 6.07) is 0. The number of hydrogen-bond acceptors (Lipinski definition) is 3. The van der Waals surface area contributed by atoms with Crippen LogP contribution in [0.1, 0.15) is 39.5 Å². The molecule has 1 saturated carbocycles. The van der Waals surface area contributed by atoms with Crippen LogP contribution in [-0.2, 0) is 9.84 Å². The van der Waals surface area contributed by atoms with Crippen molar-refractivity contribution in [2.45, 2.75) is 39.5 Å². The third-order valence-electron chi connectivity index (χ3n) is 3.30. The summed E-state index contributed by atoms with van der Waals surface area (Å²) in [4.78, 5) is 0. The van der Waals surface area contributed by atoms with Crippen molar-refractivity contribution in [3.63, 3.8) is 0 Å². The van der Waals surface area contributed by atoms with Gasteiger partial charge in [-0.2, -0.15) is 0 Å². The number of hydrogen-bond donors (Lipinski definition) is 1. The van der Waals surface area contributed by atoms with E-state index in [1.165, 1.54) is 19.1 Å². The van der Waals surface area contributed by atoms with Gasteiger partial charge >= 0.3 is 0 Å². The lowest BCUT2D eigenvalue weighted by Gasteiger charge is -2.17. The van der Waals surface area contributed by atoms with E-state index in [0.717, 1.165) is 25.9 Å². The average Bonchev–Trinajstić information content (AvgIpc) is 2.82. The van der Waals surface area contributed by atoms with Crippen molar-refractivity contribution >= 4 is 9.84 Å². The van der Waals surface area contributed by atoms with Crippen molar-refractivity contribution in [3.8, 4) is 0 Å². The minimum Gasteiger partial charge on any atom is -0.316 e. The maximum absolute atomic E-state index is 11.3. The van der Waals surface area contributed by atoms with Gasteiger partial charge in [0.15, 0.2) is 0 Å². The van der Waals surface area contributed by atoms with Crippen LogP contribution in [0, 0.1) is 11.3 Å². The van der Waals surface area contributed by atoms with E-state index in [0.29, 0.717) is 11.7 Å². The maximum atomic E-state index is 11.3. The van der Waals surface area contributed by atoms with E-state index < -0.39 is 9.84 Å². The van der Waals surface area contributed by atoms with Crippen molar-refractivity contribution < 1.29 is 8.42 Å². The third-order valence-corrected chi connectivity index (χ3v) is 4.44. The van der Waals surface area contributed by atoms with Gasteiger partial charge in [-0.05, 0) is 37.1 Å². The molecule has 0 spiro atoms. The van der Waals surface area contributed by atoms with Gasteiger partial charge < -0.3 is 5.32 Å². The molecule has 1 aliphatic rings.